The highest BCUT2D eigenvalue weighted by molar-refractivity contribution is 6.30. The fraction of sp³-hybridized carbons (Fsp3) is 0.571. The lowest BCUT2D eigenvalue weighted by atomic mass is 10.1. The first-order valence-corrected chi connectivity index (χ1v) is 6.88. The van der Waals surface area contributed by atoms with Crippen molar-refractivity contribution in [3.63, 3.8) is 0 Å². The van der Waals surface area contributed by atoms with E-state index in [1.807, 2.05) is 18.2 Å². The van der Waals surface area contributed by atoms with Gasteiger partial charge in [0.15, 0.2) is 0 Å². The molecule has 2 rings (SSSR count). The van der Waals surface area contributed by atoms with Crippen LogP contribution in [0.5, 0.6) is 5.75 Å². The molecule has 1 fully saturated rings. The van der Waals surface area contributed by atoms with Crippen LogP contribution in [0.2, 0.25) is 5.02 Å². The van der Waals surface area contributed by atoms with Crippen LogP contribution in [0.15, 0.2) is 18.2 Å². The molecule has 0 aliphatic carbocycles. The van der Waals surface area contributed by atoms with Crippen molar-refractivity contribution >= 4 is 11.6 Å². The predicted molar refractivity (Wildman–Crippen MR) is 75.5 cm³/mol. The number of methoxy groups -OCH3 is 1. The Balaban J connectivity index is 2.20. The van der Waals surface area contributed by atoms with E-state index >= 15 is 0 Å². The monoisotopic (exact) mass is 268 g/mol. The van der Waals surface area contributed by atoms with Gasteiger partial charge in [0, 0.05) is 29.7 Å². The van der Waals surface area contributed by atoms with Crippen LogP contribution in [-0.4, -0.2) is 38.2 Å². The second-order valence-corrected chi connectivity index (χ2v) is 5.14. The summed E-state index contributed by atoms with van der Waals surface area (Å²) in [7, 11) is 1.71. The molecule has 1 aliphatic rings. The third-order valence-electron chi connectivity index (χ3n) is 3.56. The van der Waals surface area contributed by atoms with Gasteiger partial charge in [-0.25, -0.2) is 0 Å². The standard InChI is InChI=1S/C14H21ClN2O/c1-11(17-8-3-6-16-7-9-17)13-10-12(15)4-5-14(13)18-2/h4-5,10-11,16H,3,6-9H2,1-2H3. The Morgan fingerprint density at radius 3 is 2.94 bits per heavy atom. The van der Waals surface area contributed by atoms with Gasteiger partial charge in [-0.05, 0) is 44.6 Å². The maximum atomic E-state index is 6.10. The van der Waals surface area contributed by atoms with E-state index in [0.29, 0.717) is 6.04 Å². The molecule has 3 nitrogen and oxygen atoms in total. The molecule has 1 unspecified atom stereocenters. The number of ether oxygens (including phenoxy) is 1. The molecule has 1 aromatic rings. The van der Waals surface area contributed by atoms with E-state index in [2.05, 4.69) is 17.1 Å². The summed E-state index contributed by atoms with van der Waals surface area (Å²) in [6, 6.07) is 6.17. The molecule has 0 saturated carbocycles. The molecule has 1 atom stereocenters. The second kappa shape index (κ2) is 6.41. The minimum Gasteiger partial charge on any atom is -0.496 e. The van der Waals surface area contributed by atoms with E-state index < -0.39 is 0 Å². The Kier molecular flexibility index (Phi) is 4.87. The minimum absolute atomic E-state index is 0.332. The highest BCUT2D eigenvalue weighted by Gasteiger charge is 2.20. The second-order valence-electron chi connectivity index (χ2n) is 4.70. The molecule has 1 aliphatic heterocycles. The smallest absolute Gasteiger partial charge is 0.123 e. The maximum absolute atomic E-state index is 6.10. The molecule has 0 bridgehead atoms. The van der Waals surface area contributed by atoms with E-state index in [1.54, 1.807) is 7.11 Å². The van der Waals surface area contributed by atoms with E-state index in [-0.39, 0.29) is 0 Å². The fourth-order valence-corrected chi connectivity index (χ4v) is 2.66. The summed E-state index contributed by atoms with van der Waals surface area (Å²) in [6.07, 6.45) is 1.19. The summed E-state index contributed by atoms with van der Waals surface area (Å²) < 4.78 is 5.44. The van der Waals surface area contributed by atoms with Crippen molar-refractivity contribution in [3.05, 3.63) is 28.8 Å². The minimum atomic E-state index is 0.332. The Morgan fingerprint density at radius 1 is 1.33 bits per heavy atom. The molecule has 0 radical (unpaired) electrons. The lowest BCUT2D eigenvalue weighted by molar-refractivity contribution is 0.221. The number of nitrogens with zero attached hydrogens (tertiary/aromatic N) is 1. The van der Waals surface area contributed by atoms with Crippen LogP contribution < -0.4 is 10.1 Å². The highest BCUT2D eigenvalue weighted by atomic mass is 35.5. The number of hydrogen-bond donors (Lipinski definition) is 1. The van der Waals surface area contributed by atoms with Gasteiger partial charge in [-0.1, -0.05) is 11.6 Å². The summed E-state index contributed by atoms with van der Waals surface area (Å²) in [5.74, 6) is 0.920. The maximum Gasteiger partial charge on any atom is 0.123 e. The summed E-state index contributed by atoms with van der Waals surface area (Å²) in [4.78, 5) is 2.48. The van der Waals surface area contributed by atoms with Crippen molar-refractivity contribution in [2.75, 3.05) is 33.3 Å². The van der Waals surface area contributed by atoms with Crippen LogP contribution in [0.25, 0.3) is 0 Å². The van der Waals surface area contributed by atoms with Crippen LogP contribution >= 0.6 is 11.6 Å². The number of nitrogens with one attached hydrogen (secondary N) is 1. The van der Waals surface area contributed by atoms with E-state index in [9.17, 15) is 0 Å². The first-order valence-electron chi connectivity index (χ1n) is 6.50. The average molecular weight is 269 g/mol. The van der Waals surface area contributed by atoms with Gasteiger partial charge in [0.05, 0.1) is 7.11 Å². The summed E-state index contributed by atoms with van der Waals surface area (Å²) in [5.41, 5.74) is 1.17. The van der Waals surface area contributed by atoms with E-state index in [4.69, 9.17) is 16.3 Å². The quantitative estimate of drug-likeness (QED) is 0.912. The molecule has 1 saturated heterocycles. The molecule has 0 amide bonds. The summed E-state index contributed by atoms with van der Waals surface area (Å²) in [6.45, 7) is 6.56. The first kappa shape index (κ1) is 13.7. The molecule has 0 aromatic heterocycles. The van der Waals surface area contributed by atoms with Crippen LogP contribution in [0.1, 0.15) is 24.9 Å². The van der Waals surface area contributed by atoms with E-state index in [0.717, 1.165) is 37.0 Å². The SMILES string of the molecule is COc1ccc(Cl)cc1C(C)N1CCCNCC1. The van der Waals surface area contributed by atoms with Crippen molar-refractivity contribution in [3.8, 4) is 5.75 Å². The Morgan fingerprint density at radius 2 is 2.17 bits per heavy atom. The van der Waals surface area contributed by atoms with Crippen LogP contribution in [0.4, 0.5) is 0 Å². The number of rotatable bonds is 3. The van der Waals surface area contributed by atoms with Gasteiger partial charge < -0.3 is 10.1 Å². The fourth-order valence-electron chi connectivity index (χ4n) is 2.48. The molecule has 4 heteroatoms. The molecule has 100 valence electrons. The number of halogens is 1. The van der Waals surface area contributed by atoms with Crippen molar-refractivity contribution in [1.29, 1.82) is 0 Å². The zero-order valence-corrected chi connectivity index (χ0v) is 11.8. The lowest BCUT2D eigenvalue weighted by Crippen LogP contribution is -2.31. The van der Waals surface area contributed by atoms with Gasteiger partial charge in [-0.2, -0.15) is 0 Å². The summed E-state index contributed by atoms with van der Waals surface area (Å²) >= 11 is 6.10. The van der Waals surface area contributed by atoms with Gasteiger partial charge in [-0.15, -0.1) is 0 Å². The van der Waals surface area contributed by atoms with Gasteiger partial charge in [0.2, 0.25) is 0 Å². The zero-order chi connectivity index (χ0) is 13.0. The van der Waals surface area contributed by atoms with Gasteiger partial charge >= 0.3 is 0 Å². The lowest BCUT2D eigenvalue weighted by Gasteiger charge is -2.28. The summed E-state index contributed by atoms with van der Waals surface area (Å²) in [5, 5.41) is 4.19. The van der Waals surface area contributed by atoms with E-state index in [1.165, 1.54) is 12.0 Å². The molecule has 1 aromatic carbocycles. The van der Waals surface area contributed by atoms with Crippen molar-refractivity contribution in [2.45, 2.75) is 19.4 Å². The largest absolute Gasteiger partial charge is 0.496 e. The Bertz CT molecular complexity index is 389. The van der Waals surface area contributed by atoms with Crippen LogP contribution in [0.3, 0.4) is 0 Å². The van der Waals surface area contributed by atoms with Gasteiger partial charge in [-0.3, -0.25) is 4.90 Å². The highest BCUT2D eigenvalue weighted by Crippen LogP contribution is 2.31. The third-order valence-corrected chi connectivity index (χ3v) is 3.80. The van der Waals surface area contributed by atoms with Gasteiger partial charge in [0.1, 0.15) is 5.75 Å². The number of hydrogen-bond acceptors (Lipinski definition) is 3. The van der Waals surface area contributed by atoms with Gasteiger partial charge in [0.25, 0.3) is 0 Å². The first-order chi connectivity index (χ1) is 8.72. The molecule has 1 heterocycles. The molecule has 18 heavy (non-hydrogen) atoms. The topological polar surface area (TPSA) is 24.5 Å². The van der Waals surface area contributed by atoms with Crippen molar-refractivity contribution in [2.24, 2.45) is 0 Å². The van der Waals surface area contributed by atoms with Crippen LogP contribution in [-0.2, 0) is 0 Å². The number of benzene rings is 1. The molecule has 0 spiro atoms. The zero-order valence-electron chi connectivity index (χ0n) is 11.1. The Hall–Kier alpha value is -0.770. The molecular formula is C14H21ClN2O. The van der Waals surface area contributed by atoms with Crippen molar-refractivity contribution in [1.82, 2.24) is 10.2 Å². The molecular weight excluding hydrogens is 248 g/mol. The molecule has 1 N–H and O–H groups in total. The Labute approximate surface area is 114 Å². The van der Waals surface area contributed by atoms with Crippen molar-refractivity contribution < 1.29 is 4.74 Å². The normalized spacial score (nSPS) is 19.3. The average Bonchev–Trinajstić information content (AvgIpc) is 2.66. The predicted octanol–water partition coefficient (Wildman–Crippen LogP) is 2.70. The van der Waals surface area contributed by atoms with Crippen LogP contribution in [0, 0.1) is 0 Å². The third kappa shape index (κ3) is 3.16.